The number of hydrogen-bond acceptors (Lipinski definition) is 8. The molecule has 11 heteroatoms. The second-order valence-corrected chi connectivity index (χ2v) is 10.7. The van der Waals surface area contributed by atoms with Crippen molar-refractivity contribution in [2.75, 3.05) is 19.6 Å². The molecule has 1 aromatic carbocycles. The maximum absolute atomic E-state index is 14.8. The number of rotatable bonds is 13. The Morgan fingerprint density at radius 2 is 2.00 bits per heavy atom. The largest absolute Gasteiger partial charge is 0.348 e. The molecule has 3 aromatic heterocycles. The number of nitrogens with zero attached hydrogens (tertiary/aromatic N) is 6. The van der Waals surface area contributed by atoms with Gasteiger partial charge in [0.1, 0.15) is 16.5 Å². The van der Waals surface area contributed by atoms with E-state index in [9.17, 15) is 9.18 Å². The van der Waals surface area contributed by atoms with Crippen LogP contribution >= 0.6 is 23.1 Å². The van der Waals surface area contributed by atoms with Gasteiger partial charge in [0.2, 0.25) is 0 Å². The van der Waals surface area contributed by atoms with E-state index in [-0.39, 0.29) is 17.8 Å². The molecule has 0 bridgehead atoms. The molecule has 0 saturated heterocycles. The molecule has 38 heavy (non-hydrogen) atoms. The highest BCUT2D eigenvalue weighted by Crippen LogP contribution is 2.31. The van der Waals surface area contributed by atoms with Gasteiger partial charge in [-0.2, -0.15) is 0 Å². The Bertz CT molecular complexity index is 1320. The minimum absolute atomic E-state index is 0.0720. The third-order valence-corrected chi connectivity index (χ3v) is 8.11. The number of aromatic nitrogens is 5. The smallest absolute Gasteiger partial charge is 0.270 e. The molecular formula is C27H32FN7OS2. The minimum atomic E-state index is -0.376. The van der Waals surface area contributed by atoms with Crippen molar-refractivity contribution in [1.82, 2.24) is 34.9 Å². The lowest BCUT2D eigenvalue weighted by Crippen LogP contribution is -2.33. The normalized spacial score (nSPS) is 12.1. The number of thioether (sulfide) groups is 1. The first-order valence-corrected chi connectivity index (χ1v) is 14.6. The molecule has 8 nitrogen and oxygen atoms in total. The molecule has 3 heterocycles. The highest BCUT2D eigenvalue weighted by molar-refractivity contribution is 7.98. The van der Waals surface area contributed by atoms with Crippen molar-refractivity contribution in [1.29, 1.82) is 0 Å². The van der Waals surface area contributed by atoms with Crippen molar-refractivity contribution in [3.05, 3.63) is 70.7 Å². The summed E-state index contributed by atoms with van der Waals surface area (Å²) in [4.78, 5) is 23.8. The van der Waals surface area contributed by atoms with Crippen molar-refractivity contribution in [2.45, 2.75) is 50.6 Å². The summed E-state index contributed by atoms with van der Waals surface area (Å²) in [5.41, 5.74) is 1.50. The minimum Gasteiger partial charge on any atom is -0.348 e. The van der Waals surface area contributed by atoms with Gasteiger partial charge in [0.15, 0.2) is 11.0 Å². The van der Waals surface area contributed by atoms with Gasteiger partial charge in [-0.25, -0.2) is 9.37 Å². The standard InChI is InChI=1S/C27H32FN7OS2/c1-4-34(5-2)15-9-10-19(3)30-26(36)22-17-37-24(31-22)18-38-27-33-32-25(20-11-8-14-29-16-20)35(27)23-13-7-6-12-21(23)28/h6-8,11-14,16-17,19H,4-5,9-10,15,18H2,1-3H3,(H,30,36). The number of carbonyl (C=O) groups excluding carboxylic acids is 1. The molecule has 0 saturated carbocycles. The zero-order valence-corrected chi connectivity index (χ0v) is 23.4. The summed E-state index contributed by atoms with van der Waals surface area (Å²) in [6.07, 6.45) is 5.30. The van der Waals surface area contributed by atoms with Crippen LogP contribution in [0.3, 0.4) is 0 Å². The molecule has 0 radical (unpaired) electrons. The highest BCUT2D eigenvalue weighted by atomic mass is 32.2. The lowest BCUT2D eigenvalue weighted by molar-refractivity contribution is 0.0932. The van der Waals surface area contributed by atoms with Crippen LogP contribution in [0.25, 0.3) is 17.1 Å². The quantitative estimate of drug-likeness (QED) is 0.220. The molecular weight excluding hydrogens is 521 g/mol. The first kappa shape index (κ1) is 27.9. The maximum Gasteiger partial charge on any atom is 0.270 e. The van der Waals surface area contributed by atoms with Crippen molar-refractivity contribution in [2.24, 2.45) is 0 Å². The molecule has 1 N–H and O–H groups in total. The van der Waals surface area contributed by atoms with E-state index in [1.165, 1.54) is 29.2 Å². The lowest BCUT2D eigenvalue weighted by atomic mass is 10.1. The first-order chi connectivity index (χ1) is 18.5. The first-order valence-electron chi connectivity index (χ1n) is 12.7. The summed E-state index contributed by atoms with van der Waals surface area (Å²) < 4.78 is 16.5. The number of nitrogens with one attached hydrogen (secondary N) is 1. The summed E-state index contributed by atoms with van der Waals surface area (Å²) in [7, 11) is 0. The van der Waals surface area contributed by atoms with Crippen LogP contribution in [0.2, 0.25) is 0 Å². The van der Waals surface area contributed by atoms with E-state index in [0.29, 0.717) is 28.1 Å². The van der Waals surface area contributed by atoms with Crippen LogP contribution in [0.1, 0.15) is 49.1 Å². The fourth-order valence-corrected chi connectivity index (χ4v) is 5.77. The van der Waals surface area contributed by atoms with Crippen LogP contribution in [-0.2, 0) is 5.75 Å². The van der Waals surface area contributed by atoms with Crippen molar-refractivity contribution in [3.63, 3.8) is 0 Å². The van der Waals surface area contributed by atoms with Gasteiger partial charge in [0, 0.05) is 29.4 Å². The summed E-state index contributed by atoms with van der Waals surface area (Å²) in [6.45, 7) is 9.47. The van der Waals surface area contributed by atoms with Crippen LogP contribution in [0.5, 0.6) is 0 Å². The Kier molecular flexibility index (Phi) is 9.97. The van der Waals surface area contributed by atoms with Gasteiger partial charge in [-0.1, -0.05) is 37.7 Å². The number of para-hydroxylation sites is 1. The number of amides is 1. The molecule has 200 valence electrons. The van der Waals surface area contributed by atoms with E-state index in [0.717, 1.165) is 43.0 Å². The van der Waals surface area contributed by atoms with Gasteiger partial charge < -0.3 is 10.2 Å². The number of pyridine rings is 1. The van der Waals surface area contributed by atoms with Gasteiger partial charge in [-0.3, -0.25) is 14.3 Å². The van der Waals surface area contributed by atoms with Gasteiger partial charge in [-0.15, -0.1) is 21.5 Å². The zero-order chi connectivity index (χ0) is 26.9. The zero-order valence-electron chi connectivity index (χ0n) is 21.8. The average molecular weight is 554 g/mol. The lowest BCUT2D eigenvalue weighted by Gasteiger charge is -2.19. The Labute approximate surface area is 230 Å². The number of hydrogen-bond donors (Lipinski definition) is 1. The molecule has 0 spiro atoms. The summed E-state index contributed by atoms with van der Waals surface area (Å²) in [5.74, 6) is 0.427. The maximum atomic E-state index is 14.8. The Balaban J connectivity index is 1.42. The fraction of sp³-hybridized carbons (Fsp3) is 0.370. The number of thiazole rings is 1. The van der Waals surface area contributed by atoms with Crippen molar-refractivity contribution < 1.29 is 9.18 Å². The summed E-state index contributed by atoms with van der Waals surface area (Å²) in [5, 5.41) is 14.8. The predicted octanol–water partition coefficient (Wildman–Crippen LogP) is 5.46. The fourth-order valence-electron chi connectivity index (χ4n) is 4.03. The van der Waals surface area contributed by atoms with E-state index in [2.05, 4.69) is 44.2 Å². The second kappa shape index (κ2) is 13.6. The third-order valence-electron chi connectivity index (χ3n) is 6.14. The molecule has 1 atom stereocenters. The number of benzene rings is 1. The third kappa shape index (κ3) is 7.03. The van der Waals surface area contributed by atoms with Gasteiger partial charge in [-0.05, 0) is 63.7 Å². The van der Waals surface area contributed by atoms with E-state index >= 15 is 0 Å². The van der Waals surface area contributed by atoms with Crippen LogP contribution in [0.4, 0.5) is 4.39 Å². The summed E-state index contributed by atoms with van der Waals surface area (Å²) >= 11 is 2.81. The van der Waals surface area contributed by atoms with E-state index in [1.54, 1.807) is 46.6 Å². The predicted molar refractivity (Wildman–Crippen MR) is 150 cm³/mol. The molecule has 0 aliphatic rings. The molecule has 0 fully saturated rings. The Morgan fingerprint density at radius 1 is 1.18 bits per heavy atom. The second-order valence-electron chi connectivity index (χ2n) is 8.79. The van der Waals surface area contributed by atoms with Crippen LogP contribution < -0.4 is 5.32 Å². The Morgan fingerprint density at radius 3 is 2.74 bits per heavy atom. The van der Waals surface area contributed by atoms with E-state index in [1.807, 2.05) is 13.0 Å². The topological polar surface area (TPSA) is 88.8 Å². The molecule has 4 aromatic rings. The van der Waals surface area contributed by atoms with Gasteiger partial charge >= 0.3 is 0 Å². The van der Waals surface area contributed by atoms with Crippen molar-refractivity contribution in [3.8, 4) is 17.1 Å². The SMILES string of the molecule is CCN(CC)CCCC(C)NC(=O)c1csc(CSc2nnc(-c3cccnc3)n2-c2ccccc2F)n1. The van der Waals surface area contributed by atoms with Gasteiger partial charge in [0.25, 0.3) is 5.91 Å². The van der Waals surface area contributed by atoms with E-state index < -0.39 is 0 Å². The Hall–Kier alpha value is -3.15. The molecule has 0 aliphatic heterocycles. The van der Waals surface area contributed by atoms with E-state index in [4.69, 9.17) is 0 Å². The van der Waals surface area contributed by atoms with Gasteiger partial charge in [0.05, 0.1) is 11.4 Å². The molecule has 0 aliphatic carbocycles. The summed E-state index contributed by atoms with van der Waals surface area (Å²) in [6, 6.07) is 10.3. The van der Waals surface area contributed by atoms with Crippen LogP contribution in [0.15, 0.2) is 59.3 Å². The van der Waals surface area contributed by atoms with Crippen molar-refractivity contribution >= 4 is 29.0 Å². The average Bonchev–Trinajstić information content (AvgIpc) is 3.58. The number of halogens is 1. The highest BCUT2D eigenvalue weighted by Gasteiger charge is 2.20. The molecule has 4 rings (SSSR count). The molecule has 1 unspecified atom stereocenters. The van der Waals surface area contributed by atoms with Crippen LogP contribution in [0, 0.1) is 5.82 Å². The van der Waals surface area contributed by atoms with Crippen LogP contribution in [-0.4, -0.2) is 61.2 Å². The molecule has 1 amide bonds. The number of carbonyl (C=O) groups is 1. The monoisotopic (exact) mass is 553 g/mol.